The van der Waals surface area contributed by atoms with E-state index in [1.54, 1.807) is 11.3 Å². The van der Waals surface area contributed by atoms with Crippen LogP contribution in [0.3, 0.4) is 0 Å². The summed E-state index contributed by atoms with van der Waals surface area (Å²) in [5, 5.41) is 12.4. The number of rotatable bonds is 6. The fraction of sp³-hybridized carbons (Fsp3) is 0. The monoisotopic (exact) mass is 843 g/mol. The Morgan fingerprint density at radius 2 is 0.754 bits per heavy atom. The van der Waals surface area contributed by atoms with Gasteiger partial charge in [0.25, 0.3) is 0 Å². The molecule has 0 aliphatic rings. The van der Waals surface area contributed by atoms with Crippen LogP contribution < -0.4 is 0 Å². The molecule has 0 unspecified atom stereocenters. The molecule has 302 valence electrons. The number of hydrogen-bond acceptors (Lipinski definition) is 4. The molecule has 0 N–H and O–H groups in total. The van der Waals surface area contributed by atoms with Crippen LogP contribution in [-0.4, -0.2) is 15.0 Å². The van der Waals surface area contributed by atoms with E-state index in [-0.39, 0.29) is 0 Å². The molecular weight excluding hydrogens is 807 g/mol. The molecule has 0 aliphatic carbocycles. The molecule has 0 fully saturated rings. The molecule has 0 atom stereocenters. The topological polar surface area (TPSA) is 38.7 Å². The molecule has 13 rings (SSSR count). The van der Waals surface area contributed by atoms with Gasteiger partial charge in [0, 0.05) is 36.9 Å². The molecule has 2 aromatic heterocycles. The zero-order valence-electron chi connectivity index (χ0n) is 35.1. The fourth-order valence-electron chi connectivity index (χ4n) is 9.63. The van der Waals surface area contributed by atoms with Gasteiger partial charge in [0.1, 0.15) is 0 Å². The van der Waals surface area contributed by atoms with Gasteiger partial charge in [-0.25, -0.2) is 15.0 Å². The Labute approximate surface area is 379 Å². The van der Waals surface area contributed by atoms with E-state index in [4.69, 9.17) is 15.0 Å². The Morgan fingerprint density at radius 3 is 1.60 bits per heavy atom. The quantitative estimate of drug-likeness (QED) is 0.157. The van der Waals surface area contributed by atoms with Gasteiger partial charge in [-0.1, -0.05) is 188 Å². The highest BCUT2D eigenvalue weighted by Gasteiger charge is 2.16. The molecule has 0 bridgehead atoms. The summed E-state index contributed by atoms with van der Waals surface area (Å²) in [6.45, 7) is 0. The number of fused-ring (bicyclic) bond motifs is 8. The smallest absolute Gasteiger partial charge is 0.164 e. The molecule has 0 spiro atoms. The van der Waals surface area contributed by atoms with Crippen LogP contribution >= 0.6 is 11.3 Å². The summed E-state index contributed by atoms with van der Waals surface area (Å²) < 4.78 is 2.48. The summed E-state index contributed by atoms with van der Waals surface area (Å²) in [6, 6.07) is 80.7. The van der Waals surface area contributed by atoms with Crippen LogP contribution in [0.2, 0.25) is 0 Å². The maximum Gasteiger partial charge on any atom is 0.164 e. The number of nitrogens with zero attached hydrogens (tertiary/aromatic N) is 3. The molecule has 2 heterocycles. The molecule has 0 aliphatic heterocycles. The highest BCUT2D eigenvalue weighted by atomic mass is 32.1. The molecule has 0 radical (unpaired) electrons. The van der Waals surface area contributed by atoms with Crippen molar-refractivity contribution in [3.63, 3.8) is 0 Å². The first kappa shape index (κ1) is 37.3. The lowest BCUT2D eigenvalue weighted by Crippen LogP contribution is -2.00. The van der Waals surface area contributed by atoms with Gasteiger partial charge in [-0.3, -0.25) is 0 Å². The van der Waals surface area contributed by atoms with Gasteiger partial charge in [-0.05, 0) is 113 Å². The highest BCUT2D eigenvalue weighted by Crippen LogP contribution is 2.39. The average Bonchev–Trinajstić information content (AvgIpc) is 3.76. The third kappa shape index (κ3) is 6.54. The molecule has 11 aromatic carbocycles. The van der Waals surface area contributed by atoms with Gasteiger partial charge in [0.2, 0.25) is 0 Å². The van der Waals surface area contributed by atoms with E-state index in [0.717, 1.165) is 33.4 Å². The van der Waals surface area contributed by atoms with Gasteiger partial charge >= 0.3 is 0 Å². The molecule has 0 saturated carbocycles. The Hall–Kier alpha value is -8.31. The first-order valence-corrected chi connectivity index (χ1v) is 22.8. The van der Waals surface area contributed by atoms with Crippen LogP contribution in [0.5, 0.6) is 0 Å². The number of hydrogen-bond donors (Lipinski definition) is 0. The Bertz CT molecular complexity index is 4020. The number of thiophene rings is 1. The first-order chi connectivity index (χ1) is 32.2. The van der Waals surface area contributed by atoms with Gasteiger partial charge in [0.15, 0.2) is 17.5 Å². The van der Waals surface area contributed by atoms with Crippen LogP contribution in [0.4, 0.5) is 0 Å². The zero-order valence-corrected chi connectivity index (χ0v) is 35.9. The lowest BCUT2D eigenvalue weighted by Gasteiger charge is -2.13. The largest absolute Gasteiger partial charge is 0.208 e. The summed E-state index contributed by atoms with van der Waals surface area (Å²) in [6.07, 6.45) is 0. The van der Waals surface area contributed by atoms with Crippen LogP contribution in [0, 0.1) is 0 Å². The second-order valence-corrected chi connectivity index (χ2v) is 17.9. The third-order valence-corrected chi connectivity index (χ3v) is 14.0. The summed E-state index contributed by atoms with van der Waals surface area (Å²) in [4.78, 5) is 15.6. The SMILES string of the molecule is c1cc(-c2ccc3c(-c4ccc5ccccc5c4)cccc3c2)cc(-c2nc(-c3ccc(-c4cc5ccccc5c5ccccc45)cc3)nc(-c3ccc4c(c3)sc3ccccc34)n2)c1. The standard InChI is InChI=1S/C61H37N3S/c1-2-12-41-33-46(28-23-38(41)11-1)49-21-10-15-44-34-43(29-31-51(44)49)42-14-9-16-47(35-42)60-62-59(63-61(64-60)48-30-32-55-54-20-7-8-22-57(54)65-58(55)37-48)40-26-24-39(25-27-40)56-36-45-13-3-4-17-50(45)52-18-5-6-19-53(52)56/h1-37H. The van der Waals surface area contributed by atoms with Crippen molar-refractivity contribution in [2.24, 2.45) is 0 Å². The average molecular weight is 844 g/mol. The maximum atomic E-state index is 5.22. The van der Waals surface area contributed by atoms with E-state index in [0.29, 0.717) is 17.5 Å². The minimum atomic E-state index is 0.632. The summed E-state index contributed by atoms with van der Waals surface area (Å²) >= 11 is 1.80. The summed E-state index contributed by atoms with van der Waals surface area (Å²) in [5.41, 5.74) is 9.85. The van der Waals surface area contributed by atoms with Crippen molar-refractivity contribution in [2.45, 2.75) is 0 Å². The fourth-order valence-corrected chi connectivity index (χ4v) is 10.8. The van der Waals surface area contributed by atoms with E-state index in [9.17, 15) is 0 Å². The predicted molar refractivity (Wildman–Crippen MR) is 275 cm³/mol. The number of aromatic nitrogens is 3. The lowest BCUT2D eigenvalue weighted by atomic mass is 9.93. The predicted octanol–water partition coefficient (Wildman–Crippen LogP) is 16.9. The lowest BCUT2D eigenvalue weighted by molar-refractivity contribution is 1.07. The van der Waals surface area contributed by atoms with Crippen molar-refractivity contribution in [3.05, 3.63) is 224 Å². The van der Waals surface area contributed by atoms with Crippen molar-refractivity contribution in [1.29, 1.82) is 0 Å². The van der Waals surface area contributed by atoms with Gasteiger partial charge in [-0.15, -0.1) is 11.3 Å². The number of benzene rings is 11. The zero-order chi connectivity index (χ0) is 42.8. The van der Waals surface area contributed by atoms with Crippen molar-refractivity contribution in [1.82, 2.24) is 15.0 Å². The normalized spacial score (nSPS) is 11.7. The maximum absolute atomic E-state index is 5.22. The van der Waals surface area contributed by atoms with Crippen molar-refractivity contribution < 1.29 is 0 Å². The second-order valence-electron chi connectivity index (χ2n) is 16.8. The highest BCUT2D eigenvalue weighted by molar-refractivity contribution is 7.25. The molecule has 0 saturated heterocycles. The molecule has 4 heteroatoms. The van der Waals surface area contributed by atoms with Crippen molar-refractivity contribution >= 4 is 74.6 Å². The van der Waals surface area contributed by atoms with Gasteiger partial charge in [0.05, 0.1) is 0 Å². The van der Waals surface area contributed by atoms with Crippen molar-refractivity contribution in [3.8, 4) is 67.5 Å². The second kappa shape index (κ2) is 15.2. The Morgan fingerprint density at radius 1 is 0.231 bits per heavy atom. The first-order valence-electron chi connectivity index (χ1n) is 22.0. The van der Waals surface area contributed by atoms with Crippen molar-refractivity contribution in [2.75, 3.05) is 0 Å². The summed E-state index contributed by atoms with van der Waals surface area (Å²) in [5.74, 6) is 1.91. The van der Waals surface area contributed by atoms with Crippen LogP contribution in [0.25, 0.3) is 131 Å². The molecular formula is C61H37N3S. The molecule has 0 amide bonds. The van der Waals surface area contributed by atoms with Crippen LogP contribution in [0.1, 0.15) is 0 Å². The van der Waals surface area contributed by atoms with Crippen LogP contribution in [-0.2, 0) is 0 Å². The third-order valence-electron chi connectivity index (χ3n) is 12.9. The Balaban J connectivity index is 0.912. The summed E-state index contributed by atoms with van der Waals surface area (Å²) in [7, 11) is 0. The van der Waals surface area contributed by atoms with E-state index in [2.05, 4.69) is 224 Å². The minimum absolute atomic E-state index is 0.632. The van der Waals surface area contributed by atoms with E-state index < -0.39 is 0 Å². The molecule has 3 nitrogen and oxygen atoms in total. The van der Waals surface area contributed by atoms with E-state index in [1.165, 1.54) is 80.0 Å². The van der Waals surface area contributed by atoms with Gasteiger partial charge in [-0.2, -0.15) is 0 Å². The van der Waals surface area contributed by atoms with E-state index in [1.807, 2.05) is 0 Å². The minimum Gasteiger partial charge on any atom is -0.208 e. The molecule has 13 aromatic rings. The van der Waals surface area contributed by atoms with Gasteiger partial charge < -0.3 is 0 Å². The Kier molecular flexibility index (Phi) is 8.71. The van der Waals surface area contributed by atoms with Crippen LogP contribution in [0.15, 0.2) is 224 Å². The molecule has 65 heavy (non-hydrogen) atoms. The van der Waals surface area contributed by atoms with E-state index >= 15 is 0 Å².